The Bertz CT molecular complexity index is 165. The van der Waals surface area contributed by atoms with Crippen LogP contribution in [0.15, 0.2) is 0 Å². The molecule has 14 heteroatoms. The topological polar surface area (TPSA) is 202 Å². The molecule has 0 saturated heterocycles. The number of carboxylic acid groups (broad SMARTS) is 2. The first-order valence-corrected chi connectivity index (χ1v) is 2.61. The molecule has 0 unspecified atom stereocenters. The summed E-state index contributed by atoms with van der Waals surface area (Å²) in [6, 6.07) is 0. The van der Waals surface area contributed by atoms with E-state index < -0.39 is 16.6 Å². The van der Waals surface area contributed by atoms with Crippen molar-refractivity contribution in [3.8, 4) is 0 Å². The van der Waals surface area contributed by atoms with Gasteiger partial charge in [-0.15, -0.1) is 0 Å². The van der Waals surface area contributed by atoms with Crippen LogP contribution < -0.4 is 10.2 Å². The Morgan fingerprint density at radius 3 is 0.867 bits per heavy atom. The van der Waals surface area contributed by atoms with Gasteiger partial charge in [-0.25, -0.2) is 0 Å². The molecule has 0 bridgehead atoms. The summed E-state index contributed by atoms with van der Waals surface area (Å²) in [5.41, 5.74) is 0. The van der Waals surface area contributed by atoms with Gasteiger partial charge in [0.25, 0.3) is 0 Å². The van der Waals surface area contributed by atoms with Gasteiger partial charge in [0.2, 0.25) is 0 Å². The predicted octanol–water partition coefficient (Wildman–Crippen LogP) is -5.60. The van der Waals surface area contributed by atoms with Crippen LogP contribution in [0.3, 0.4) is 0 Å². The van der Waals surface area contributed by atoms with Gasteiger partial charge in [-0.1, -0.05) is 0 Å². The summed E-state index contributed by atoms with van der Waals surface area (Å²) in [4.78, 5) is 8.33. The minimum absolute atomic E-state index is 0. The maximum atomic E-state index is 8.52. The average Bonchev–Trinajstić information content (AvgIpc) is 1.19. The van der Waals surface area contributed by atoms with Crippen LogP contribution in [0.25, 0.3) is 0 Å². The van der Waals surface area contributed by atoms with Crippen LogP contribution in [0, 0.1) is 0 Å². The van der Waals surface area contributed by atoms with Crippen molar-refractivity contribution in [2.24, 2.45) is 0 Å². The van der Waals surface area contributed by atoms with Crippen LogP contribution in [0.4, 0.5) is 4.79 Å². The molecule has 0 saturated carbocycles. The van der Waals surface area contributed by atoms with Crippen molar-refractivity contribution in [1.29, 1.82) is 0 Å². The molecular weight excluding hydrogens is 285 g/mol. The van der Waals surface area contributed by atoms with E-state index in [1.165, 1.54) is 0 Å². The van der Waals surface area contributed by atoms with Crippen molar-refractivity contribution in [3.63, 3.8) is 0 Å². The maximum absolute atomic E-state index is 8.52. The van der Waals surface area contributed by atoms with Gasteiger partial charge in [0.05, 0.1) is 0 Å². The number of carbonyl (C=O) groups is 1. The molecule has 0 fully saturated rings. The molecule has 0 aromatic rings. The van der Waals surface area contributed by atoms with Crippen molar-refractivity contribution in [2.45, 2.75) is 0 Å². The van der Waals surface area contributed by atoms with Crippen molar-refractivity contribution in [3.05, 3.63) is 0 Å². The van der Waals surface area contributed by atoms with E-state index >= 15 is 0 Å². The van der Waals surface area contributed by atoms with Gasteiger partial charge >= 0.3 is 92.2 Å². The Morgan fingerprint density at radius 2 is 0.867 bits per heavy atom. The third-order valence-corrected chi connectivity index (χ3v) is 0. The van der Waals surface area contributed by atoms with Crippen molar-refractivity contribution >= 4 is 109 Å². The molecule has 9 nitrogen and oxygen atoms in total. The second-order valence-corrected chi connectivity index (χ2v) is 1.47. The van der Waals surface area contributed by atoms with Gasteiger partial charge < -0.3 is 35.1 Å². The van der Waals surface area contributed by atoms with Crippen LogP contribution >= 0.6 is 0 Å². The largest absolute Gasteiger partial charge is 2.00 e. The minimum atomic E-state index is -5.17. The summed E-state index contributed by atoms with van der Waals surface area (Å²) in [5, 5.41) is 16.7. The molecular formula is CHMg4O9S+. The van der Waals surface area contributed by atoms with Crippen LogP contribution in [-0.2, 0) is 15.9 Å². The summed E-state index contributed by atoms with van der Waals surface area (Å²) in [6.07, 6.45) is -2.33. The fourth-order valence-electron chi connectivity index (χ4n) is 0. The van der Waals surface area contributed by atoms with E-state index in [4.69, 9.17) is 32.5 Å². The Morgan fingerprint density at radius 1 is 0.867 bits per heavy atom. The van der Waals surface area contributed by atoms with Crippen LogP contribution in [0.5, 0.6) is 0 Å². The molecule has 0 aromatic carbocycles. The van der Waals surface area contributed by atoms with Gasteiger partial charge in [-0.3, -0.25) is 8.42 Å². The molecule has 0 aliphatic heterocycles. The van der Waals surface area contributed by atoms with E-state index in [1.54, 1.807) is 0 Å². The zero-order valence-electron chi connectivity index (χ0n) is 7.45. The average molecular weight is 286 g/mol. The van der Waals surface area contributed by atoms with E-state index in [-0.39, 0.29) is 103 Å². The molecule has 0 atom stereocenters. The van der Waals surface area contributed by atoms with E-state index in [1.807, 2.05) is 0 Å². The molecule has 0 rings (SSSR count). The Kier molecular flexibility index (Phi) is 106. The van der Waals surface area contributed by atoms with E-state index in [0.717, 1.165) is 0 Å². The van der Waals surface area contributed by atoms with Crippen LogP contribution in [0.2, 0.25) is 0 Å². The number of hydrogen-bond donors (Lipinski definition) is 0. The molecule has 0 heterocycles. The normalized spacial score (nSPS) is 5.47. The van der Waals surface area contributed by atoms with Gasteiger partial charge in [0.15, 0.2) is 0 Å². The first-order valence-electron chi connectivity index (χ1n) is 1.28. The second-order valence-electron chi connectivity index (χ2n) is 0.658. The SMILES string of the molecule is O=C([O-])[O-].O=S(=O)([O-])[O-].[Mg+2].[Mg+2].[Mg+2].[Mg+2].[O-2].[OH-]. The minimum Gasteiger partial charge on any atom is -2.00 e. The first-order chi connectivity index (χ1) is 3.73. The van der Waals surface area contributed by atoms with Crippen LogP contribution in [-0.4, -0.2) is 121 Å². The first kappa shape index (κ1) is 53.5. The molecule has 0 spiro atoms. The van der Waals surface area contributed by atoms with Gasteiger partial charge in [0, 0.05) is 10.4 Å². The van der Waals surface area contributed by atoms with Crippen LogP contribution in [0.1, 0.15) is 0 Å². The van der Waals surface area contributed by atoms with Crippen molar-refractivity contribution in [1.82, 2.24) is 0 Å². The summed E-state index contributed by atoms with van der Waals surface area (Å²) in [6.45, 7) is 0. The zero-order valence-corrected chi connectivity index (χ0v) is 13.9. The summed E-state index contributed by atoms with van der Waals surface area (Å²) in [5.74, 6) is 0. The van der Waals surface area contributed by atoms with E-state index in [0.29, 0.717) is 0 Å². The Hall–Kier alpha value is 2.12. The summed E-state index contributed by atoms with van der Waals surface area (Å²) < 4.78 is 34.1. The third kappa shape index (κ3) is 712. The molecule has 15 heavy (non-hydrogen) atoms. The summed E-state index contributed by atoms with van der Waals surface area (Å²) >= 11 is 0. The molecule has 72 valence electrons. The van der Waals surface area contributed by atoms with Crippen molar-refractivity contribution in [2.75, 3.05) is 0 Å². The van der Waals surface area contributed by atoms with Gasteiger partial charge in [-0.05, 0) is 6.16 Å². The smallest absolute Gasteiger partial charge is 2.00 e. The van der Waals surface area contributed by atoms with Gasteiger partial charge in [0.1, 0.15) is 0 Å². The Labute approximate surface area is 150 Å². The number of hydrogen-bond acceptors (Lipinski definition) is 8. The quantitative estimate of drug-likeness (QED) is 0.238. The molecule has 0 aliphatic carbocycles. The van der Waals surface area contributed by atoms with Gasteiger partial charge in [-0.2, -0.15) is 0 Å². The molecule has 0 aromatic heterocycles. The number of rotatable bonds is 0. The van der Waals surface area contributed by atoms with Crippen molar-refractivity contribution < 1.29 is 43.5 Å². The fraction of sp³-hybridized carbons (Fsp3) is 0. The molecule has 0 amide bonds. The van der Waals surface area contributed by atoms with E-state index in [9.17, 15) is 0 Å². The standard InChI is InChI=1S/CH2O3.4Mg.H2O4S.H2O.O/c2-1(3)4;;;;;1-5(2,3)4;;/h(H2,2,3,4);;;;;(H2,1,2,3,4);1H2;/q;4*+2;;;-2/p-5. The molecule has 0 radical (unpaired) electrons. The maximum Gasteiger partial charge on any atom is 2.00 e. The third-order valence-electron chi connectivity index (χ3n) is 0. The number of carbonyl (C=O) groups excluding carboxylic acids is 1. The second kappa shape index (κ2) is 29.8. The monoisotopic (exact) mass is 285 g/mol. The molecule has 1 N–H and O–H groups in total. The molecule has 0 aliphatic rings. The van der Waals surface area contributed by atoms with E-state index in [2.05, 4.69) is 0 Å². The predicted molar refractivity (Wildman–Crippen MR) is 41.5 cm³/mol. The summed E-state index contributed by atoms with van der Waals surface area (Å²) in [7, 11) is -5.17. The fourth-order valence-corrected chi connectivity index (χ4v) is 0. The Balaban J connectivity index is -0.00000000785. The zero-order chi connectivity index (χ0) is 8.08.